The SMILES string of the molecule is CC1=NO/C(=C(\C=C(\C)N)C(=N)N2CC[C@@H](NC3CCCCC3)[C@H](O)C2)N1. The van der Waals surface area contributed by atoms with Gasteiger partial charge in [-0.15, -0.1) is 0 Å². The molecule has 3 aliphatic rings. The lowest BCUT2D eigenvalue weighted by Crippen LogP contribution is -2.56. The highest BCUT2D eigenvalue weighted by atomic mass is 16.7. The van der Waals surface area contributed by atoms with Crippen molar-refractivity contribution in [2.24, 2.45) is 10.9 Å². The Bertz CT molecular complexity index is 647. The van der Waals surface area contributed by atoms with Gasteiger partial charge < -0.3 is 31.2 Å². The van der Waals surface area contributed by atoms with Crippen LogP contribution in [-0.2, 0) is 4.84 Å². The first-order chi connectivity index (χ1) is 12.9. The number of nitrogens with one attached hydrogen (secondary N) is 3. The van der Waals surface area contributed by atoms with E-state index in [0.29, 0.717) is 42.1 Å². The van der Waals surface area contributed by atoms with Crippen molar-refractivity contribution in [2.75, 3.05) is 13.1 Å². The summed E-state index contributed by atoms with van der Waals surface area (Å²) in [6.45, 7) is 4.68. The van der Waals surface area contributed by atoms with Crippen LogP contribution in [0.25, 0.3) is 0 Å². The zero-order valence-corrected chi connectivity index (χ0v) is 16.3. The summed E-state index contributed by atoms with van der Waals surface area (Å²) in [5.41, 5.74) is 6.97. The molecule has 2 heterocycles. The Kier molecular flexibility index (Phi) is 6.38. The molecule has 150 valence electrons. The zero-order valence-electron chi connectivity index (χ0n) is 16.3. The van der Waals surface area contributed by atoms with E-state index in [1.807, 2.05) is 4.90 Å². The standard InChI is InChI=1S/C19H32N6O2/c1-12(20)10-15(19-22-13(2)24-27-19)18(21)25-9-8-16(17(26)11-25)23-14-6-4-3-5-7-14/h10,14,16-17,21,23,26H,3-9,11,20H2,1-2H3,(H,22,24)/b12-10-,19-15+,21-18?/t16-,17-/m1/s1. The maximum Gasteiger partial charge on any atom is 0.239 e. The van der Waals surface area contributed by atoms with E-state index in [9.17, 15) is 5.11 Å². The third kappa shape index (κ3) is 5.01. The topological polar surface area (TPSA) is 119 Å². The Morgan fingerprint density at radius 2 is 2.11 bits per heavy atom. The minimum absolute atomic E-state index is 0.0893. The van der Waals surface area contributed by atoms with Gasteiger partial charge in [-0.3, -0.25) is 5.41 Å². The maximum absolute atomic E-state index is 10.7. The summed E-state index contributed by atoms with van der Waals surface area (Å²) in [6.07, 6.45) is 8.26. The van der Waals surface area contributed by atoms with Gasteiger partial charge in [0.15, 0.2) is 0 Å². The molecule has 2 fully saturated rings. The molecule has 0 bridgehead atoms. The molecule has 0 radical (unpaired) electrons. The van der Waals surface area contributed by atoms with Crippen molar-refractivity contribution < 1.29 is 9.94 Å². The predicted octanol–water partition coefficient (Wildman–Crippen LogP) is 1.35. The van der Waals surface area contributed by atoms with Gasteiger partial charge in [0.2, 0.25) is 5.88 Å². The van der Waals surface area contributed by atoms with Crippen molar-refractivity contribution in [1.82, 2.24) is 15.5 Å². The van der Waals surface area contributed by atoms with Crippen LogP contribution in [0.3, 0.4) is 0 Å². The van der Waals surface area contributed by atoms with E-state index >= 15 is 0 Å². The molecule has 6 N–H and O–H groups in total. The summed E-state index contributed by atoms with van der Waals surface area (Å²) in [6, 6.07) is 0.604. The molecule has 2 aliphatic heterocycles. The average molecular weight is 377 g/mol. The number of nitrogens with zero attached hydrogens (tertiary/aromatic N) is 2. The number of oxime groups is 1. The Morgan fingerprint density at radius 3 is 2.70 bits per heavy atom. The van der Waals surface area contributed by atoms with Gasteiger partial charge in [0.1, 0.15) is 11.7 Å². The normalized spacial score (nSPS) is 29.1. The summed E-state index contributed by atoms with van der Waals surface area (Å²) < 4.78 is 0. The summed E-state index contributed by atoms with van der Waals surface area (Å²) in [4.78, 5) is 7.18. The van der Waals surface area contributed by atoms with E-state index in [2.05, 4.69) is 15.8 Å². The molecule has 0 aromatic rings. The second kappa shape index (κ2) is 8.75. The fourth-order valence-electron chi connectivity index (χ4n) is 3.98. The fraction of sp³-hybridized carbons (Fsp3) is 0.684. The van der Waals surface area contributed by atoms with Crippen LogP contribution in [0.5, 0.6) is 0 Å². The largest absolute Gasteiger partial charge is 0.402 e. The van der Waals surface area contributed by atoms with Crippen LogP contribution < -0.4 is 16.4 Å². The maximum atomic E-state index is 10.7. The van der Waals surface area contributed by atoms with E-state index < -0.39 is 6.10 Å². The van der Waals surface area contributed by atoms with Crippen LogP contribution in [0.1, 0.15) is 52.4 Å². The summed E-state index contributed by atoms with van der Waals surface area (Å²) >= 11 is 0. The van der Waals surface area contributed by atoms with Gasteiger partial charge in [0.25, 0.3) is 0 Å². The molecule has 0 aromatic heterocycles. The third-order valence-corrected chi connectivity index (χ3v) is 5.39. The zero-order chi connectivity index (χ0) is 19.4. The predicted molar refractivity (Wildman–Crippen MR) is 106 cm³/mol. The smallest absolute Gasteiger partial charge is 0.239 e. The lowest BCUT2D eigenvalue weighted by Gasteiger charge is -2.40. The minimum atomic E-state index is -0.509. The molecule has 0 unspecified atom stereocenters. The van der Waals surface area contributed by atoms with E-state index in [-0.39, 0.29) is 11.9 Å². The van der Waals surface area contributed by atoms with Gasteiger partial charge in [-0.25, -0.2) is 0 Å². The molecule has 0 amide bonds. The first-order valence-corrected chi connectivity index (χ1v) is 9.88. The van der Waals surface area contributed by atoms with Gasteiger partial charge in [-0.2, -0.15) is 0 Å². The molecule has 27 heavy (non-hydrogen) atoms. The Labute approximate surface area is 161 Å². The molecule has 8 nitrogen and oxygen atoms in total. The quantitative estimate of drug-likeness (QED) is 0.373. The highest BCUT2D eigenvalue weighted by molar-refractivity contribution is 6.00. The van der Waals surface area contributed by atoms with Crippen molar-refractivity contribution in [1.29, 1.82) is 5.41 Å². The number of piperidine rings is 1. The minimum Gasteiger partial charge on any atom is -0.402 e. The highest BCUT2D eigenvalue weighted by Crippen LogP contribution is 2.22. The van der Waals surface area contributed by atoms with Gasteiger partial charge in [-0.05, 0) is 39.2 Å². The summed E-state index contributed by atoms with van der Waals surface area (Å²) in [7, 11) is 0. The van der Waals surface area contributed by atoms with Crippen molar-refractivity contribution in [3.63, 3.8) is 0 Å². The summed E-state index contributed by atoms with van der Waals surface area (Å²) in [5.74, 6) is 1.32. The summed E-state index contributed by atoms with van der Waals surface area (Å²) in [5, 5.41) is 29.8. The molecule has 8 heteroatoms. The molecule has 2 atom stereocenters. The van der Waals surface area contributed by atoms with E-state index in [1.165, 1.54) is 32.1 Å². The third-order valence-electron chi connectivity index (χ3n) is 5.39. The molecular weight excluding hydrogens is 344 g/mol. The number of hydrogen-bond acceptors (Lipinski definition) is 7. The molecule has 1 saturated heterocycles. The first kappa shape index (κ1) is 19.7. The van der Waals surface area contributed by atoms with Crippen molar-refractivity contribution in [3.05, 3.63) is 23.2 Å². The molecule has 0 spiro atoms. The van der Waals surface area contributed by atoms with Gasteiger partial charge >= 0.3 is 0 Å². The molecule has 0 aromatic carbocycles. The number of rotatable bonds is 4. The van der Waals surface area contributed by atoms with Crippen LogP contribution >= 0.6 is 0 Å². The number of hydrogen-bond donors (Lipinski definition) is 5. The number of nitrogens with two attached hydrogens (primary N) is 1. The molecule has 1 saturated carbocycles. The Morgan fingerprint density at radius 1 is 1.37 bits per heavy atom. The number of likely N-dealkylation sites (tertiary alicyclic amines) is 1. The number of amidine groups is 2. The lowest BCUT2D eigenvalue weighted by molar-refractivity contribution is 0.0597. The van der Waals surface area contributed by atoms with Crippen LogP contribution in [0, 0.1) is 5.41 Å². The molecule has 3 rings (SSSR count). The van der Waals surface area contributed by atoms with Crippen molar-refractivity contribution >= 4 is 11.7 Å². The number of aliphatic hydroxyl groups is 1. The monoisotopic (exact) mass is 376 g/mol. The second-order valence-electron chi connectivity index (χ2n) is 7.78. The van der Waals surface area contributed by atoms with E-state index in [4.69, 9.17) is 16.0 Å². The first-order valence-electron chi connectivity index (χ1n) is 9.88. The van der Waals surface area contributed by atoms with E-state index in [0.717, 1.165) is 6.42 Å². The van der Waals surface area contributed by atoms with Crippen LogP contribution in [0.2, 0.25) is 0 Å². The van der Waals surface area contributed by atoms with Gasteiger partial charge in [-0.1, -0.05) is 24.4 Å². The van der Waals surface area contributed by atoms with Crippen molar-refractivity contribution in [2.45, 2.75) is 70.6 Å². The van der Waals surface area contributed by atoms with Crippen molar-refractivity contribution in [3.8, 4) is 0 Å². The molecular formula is C19H32N6O2. The van der Waals surface area contributed by atoms with E-state index in [1.54, 1.807) is 19.9 Å². The second-order valence-corrected chi connectivity index (χ2v) is 7.78. The average Bonchev–Trinajstić information content (AvgIpc) is 3.07. The van der Waals surface area contributed by atoms with Crippen LogP contribution in [0.15, 0.2) is 28.4 Å². The van der Waals surface area contributed by atoms with Crippen LogP contribution in [-0.4, -0.2) is 53.0 Å². The highest BCUT2D eigenvalue weighted by Gasteiger charge is 2.32. The van der Waals surface area contributed by atoms with Gasteiger partial charge in [0.05, 0.1) is 11.7 Å². The Balaban J connectivity index is 1.64. The van der Waals surface area contributed by atoms with Gasteiger partial charge in [0, 0.05) is 30.9 Å². The number of aliphatic hydroxyl groups excluding tert-OH is 1. The fourth-order valence-corrected chi connectivity index (χ4v) is 3.98. The lowest BCUT2D eigenvalue weighted by atomic mass is 9.92. The number of β-amino-alcohol motifs (C(OH)–C–C–N with tert-alkyl or cyclic N) is 1. The van der Waals surface area contributed by atoms with Crippen LogP contribution in [0.4, 0.5) is 0 Å². The Hall–Kier alpha value is -2.06. The molecule has 1 aliphatic carbocycles. The number of allylic oxidation sites excluding steroid dienone is 1.